The van der Waals surface area contributed by atoms with Crippen molar-refractivity contribution in [1.29, 1.82) is 0 Å². The molecular weight excluding hydrogens is 359 g/mol. The predicted octanol–water partition coefficient (Wildman–Crippen LogP) is 3.77. The summed E-state index contributed by atoms with van der Waals surface area (Å²) in [5.41, 5.74) is 1.18. The highest BCUT2D eigenvalue weighted by atomic mass is 127. The molecule has 1 aliphatic heterocycles. The third-order valence-corrected chi connectivity index (χ3v) is 4.60. The normalized spacial score (nSPS) is 24.3. The third kappa shape index (κ3) is 3.31. The van der Waals surface area contributed by atoms with Crippen LogP contribution in [0.1, 0.15) is 20.3 Å². The highest BCUT2D eigenvalue weighted by Crippen LogP contribution is 2.31. The molecule has 1 aromatic carbocycles. The SMILES string of the molecule is CCNC1CCN(c2ccc(I)cc2Cl)CC1C. The molecule has 2 rings (SSSR count). The van der Waals surface area contributed by atoms with Crippen LogP contribution in [-0.4, -0.2) is 25.7 Å². The van der Waals surface area contributed by atoms with Crippen molar-refractivity contribution >= 4 is 39.9 Å². The van der Waals surface area contributed by atoms with E-state index in [4.69, 9.17) is 11.6 Å². The van der Waals surface area contributed by atoms with E-state index >= 15 is 0 Å². The molecule has 2 unspecified atom stereocenters. The van der Waals surface area contributed by atoms with Gasteiger partial charge in [0.15, 0.2) is 0 Å². The van der Waals surface area contributed by atoms with E-state index in [9.17, 15) is 0 Å². The van der Waals surface area contributed by atoms with Crippen LogP contribution in [0.5, 0.6) is 0 Å². The molecule has 1 fully saturated rings. The van der Waals surface area contributed by atoms with Crippen molar-refractivity contribution in [1.82, 2.24) is 5.32 Å². The molecule has 0 aromatic heterocycles. The first kappa shape index (κ1) is 14.4. The lowest BCUT2D eigenvalue weighted by Gasteiger charge is -2.39. The van der Waals surface area contributed by atoms with E-state index < -0.39 is 0 Å². The van der Waals surface area contributed by atoms with Gasteiger partial charge in [-0.25, -0.2) is 0 Å². The van der Waals surface area contributed by atoms with Crippen molar-refractivity contribution in [3.8, 4) is 0 Å². The van der Waals surface area contributed by atoms with E-state index in [1.807, 2.05) is 6.07 Å². The minimum atomic E-state index is 0.647. The summed E-state index contributed by atoms with van der Waals surface area (Å²) in [6.07, 6.45) is 1.19. The van der Waals surface area contributed by atoms with Gasteiger partial charge in [-0.2, -0.15) is 0 Å². The fraction of sp³-hybridized carbons (Fsp3) is 0.571. The Hall–Kier alpha value is -0.0000000000000000555. The lowest BCUT2D eigenvalue weighted by atomic mass is 9.93. The van der Waals surface area contributed by atoms with Crippen LogP contribution < -0.4 is 10.2 Å². The Bertz CT molecular complexity index is 411. The standard InChI is InChI=1S/C14H20ClIN2/c1-3-17-13-6-7-18(9-10(13)2)14-5-4-11(16)8-12(14)15/h4-5,8,10,13,17H,3,6-7,9H2,1-2H3. The molecule has 1 aliphatic rings. The number of nitrogens with one attached hydrogen (secondary N) is 1. The lowest BCUT2D eigenvalue weighted by molar-refractivity contribution is 0.327. The van der Waals surface area contributed by atoms with Crippen LogP contribution >= 0.6 is 34.2 Å². The van der Waals surface area contributed by atoms with Crippen LogP contribution in [0.4, 0.5) is 5.69 Å². The largest absolute Gasteiger partial charge is 0.370 e. The number of benzene rings is 1. The van der Waals surface area contributed by atoms with E-state index in [-0.39, 0.29) is 0 Å². The maximum absolute atomic E-state index is 6.35. The average molecular weight is 379 g/mol. The topological polar surface area (TPSA) is 15.3 Å². The fourth-order valence-electron chi connectivity index (χ4n) is 2.67. The van der Waals surface area contributed by atoms with Crippen molar-refractivity contribution in [2.75, 3.05) is 24.5 Å². The molecular formula is C14H20ClIN2. The highest BCUT2D eigenvalue weighted by molar-refractivity contribution is 14.1. The van der Waals surface area contributed by atoms with Gasteiger partial charge in [-0.05, 0) is 59.7 Å². The summed E-state index contributed by atoms with van der Waals surface area (Å²) < 4.78 is 1.19. The van der Waals surface area contributed by atoms with Gasteiger partial charge in [0.05, 0.1) is 10.7 Å². The van der Waals surface area contributed by atoms with Crippen LogP contribution in [0.15, 0.2) is 18.2 Å². The zero-order valence-electron chi connectivity index (χ0n) is 10.9. The Labute approximate surface area is 128 Å². The van der Waals surface area contributed by atoms with E-state index in [0.29, 0.717) is 12.0 Å². The number of halogens is 2. The van der Waals surface area contributed by atoms with Gasteiger partial charge in [0.2, 0.25) is 0 Å². The molecule has 1 saturated heterocycles. The molecule has 1 N–H and O–H groups in total. The first-order chi connectivity index (χ1) is 8.61. The first-order valence-electron chi connectivity index (χ1n) is 6.55. The van der Waals surface area contributed by atoms with Crippen molar-refractivity contribution in [3.63, 3.8) is 0 Å². The Balaban J connectivity index is 2.07. The lowest BCUT2D eigenvalue weighted by Crippen LogP contribution is -2.48. The van der Waals surface area contributed by atoms with Crippen molar-refractivity contribution < 1.29 is 0 Å². The Morgan fingerprint density at radius 2 is 2.28 bits per heavy atom. The van der Waals surface area contributed by atoms with E-state index in [0.717, 1.165) is 24.7 Å². The quantitative estimate of drug-likeness (QED) is 0.806. The number of hydrogen-bond acceptors (Lipinski definition) is 2. The summed E-state index contributed by atoms with van der Waals surface area (Å²) in [6, 6.07) is 6.96. The highest BCUT2D eigenvalue weighted by Gasteiger charge is 2.26. The molecule has 0 radical (unpaired) electrons. The van der Waals surface area contributed by atoms with Gasteiger partial charge in [0.25, 0.3) is 0 Å². The van der Waals surface area contributed by atoms with Gasteiger partial charge in [-0.1, -0.05) is 25.4 Å². The second kappa shape index (κ2) is 6.44. The van der Waals surface area contributed by atoms with E-state index in [2.05, 4.69) is 58.8 Å². The molecule has 0 saturated carbocycles. The van der Waals surface area contributed by atoms with Gasteiger partial charge in [0.1, 0.15) is 0 Å². The number of nitrogens with zero attached hydrogens (tertiary/aromatic N) is 1. The Morgan fingerprint density at radius 1 is 1.50 bits per heavy atom. The molecule has 1 heterocycles. The monoisotopic (exact) mass is 378 g/mol. The van der Waals surface area contributed by atoms with Crippen molar-refractivity contribution in [2.24, 2.45) is 5.92 Å². The van der Waals surface area contributed by atoms with Crippen molar-refractivity contribution in [2.45, 2.75) is 26.3 Å². The fourth-order valence-corrected chi connectivity index (χ4v) is 3.64. The summed E-state index contributed by atoms with van der Waals surface area (Å²) in [5.74, 6) is 0.661. The maximum atomic E-state index is 6.35. The zero-order valence-corrected chi connectivity index (χ0v) is 13.8. The molecule has 4 heteroatoms. The zero-order chi connectivity index (χ0) is 13.1. The molecule has 0 bridgehead atoms. The van der Waals surface area contributed by atoms with Crippen LogP contribution in [0.25, 0.3) is 0 Å². The molecule has 0 amide bonds. The molecule has 0 aliphatic carbocycles. The van der Waals surface area contributed by atoms with Crippen LogP contribution in [0.2, 0.25) is 5.02 Å². The Kier molecular flexibility index (Phi) is 5.15. The van der Waals surface area contributed by atoms with Gasteiger partial charge < -0.3 is 10.2 Å². The summed E-state index contributed by atoms with van der Waals surface area (Å²) in [7, 11) is 0. The summed E-state index contributed by atoms with van der Waals surface area (Å²) in [5, 5.41) is 4.44. The molecule has 100 valence electrons. The smallest absolute Gasteiger partial charge is 0.0650 e. The molecule has 1 aromatic rings. The number of hydrogen-bond donors (Lipinski definition) is 1. The van der Waals surface area contributed by atoms with E-state index in [1.54, 1.807) is 0 Å². The average Bonchev–Trinajstić information content (AvgIpc) is 2.32. The van der Waals surface area contributed by atoms with Crippen molar-refractivity contribution in [3.05, 3.63) is 26.8 Å². The summed E-state index contributed by atoms with van der Waals surface area (Å²) >= 11 is 8.64. The predicted molar refractivity (Wildman–Crippen MR) is 87.6 cm³/mol. The van der Waals surface area contributed by atoms with Crippen LogP contribution in [-0.2, 0) is 0 Å². The number of rotatable bonds is 3. The molecule has 2 atom stereocenters. The number of anilines is 1. The van der Waals surface area contributed by atoms with Gasteiger partial charge >= 0.3 is 0 Å². The second-order valence-electron chi connectivity index (χ2n) is 4.97. The van der Waals surface area contributed by atoms with E-state index in [1.165, 1.54) is 15.7 Å². The summed E-state index contributed by atoms with van der Waals surface area (Å²) in [4.78, 5) is 2.41. The molecule has 2 nitrogen and oxygen atoms in total. The Morgan fingerprint density at radius 3 is 2.89 bits per heavy atom. The molecule has 0 spiro atoms. The van der Waals surface area contributed by atoms with Gasteiger partial charge in [-0.15, -0.1) is 0 Å². The van der Waals surface area contributed by atoms with Gasteiger partial charge in [-0.3, -0.25) is 0 Å². The minimum absolute atomic E-state index is 0.647. The van der Waals surface area contributed by atoms with Crippen LogP contribution in [0.3, 0.4) is 0 Å². The van der Waals surface area contributed by atoms with Crippen LogP contribution in [0, 0.1) is 9.49 Å². The molecule has 18 heavy (non-hydrogen) atoms. The number of piperidine rings is 1. The maximum Gasteiger partial charge on any atom is 0.0650 e. The first-order valence-corrected chi connectivity index (χ1v) is 8.01. The minimum Gasteiger partial charge on any atom is -0.370 e. The third-order valence-electron chi connectivity index (χ3n) is 3.62. The second-order valence-corrected chi connectivity index (χ2v) is 6.62. The summed E-state index contributed by atoms with van der Waals surface area (Å²) in [6.45, 7) is 7.72. The van der Waals surface area contributed by atoms with Gasteiger partial charge in [0, 0.05) is 22.7 Å².